The fraction of sp³-hybridized carbons (Fsp3) is 0.286. The van der Waals surface area contributed by atoms with Crippen LogP contribution in [0, 0.1) is 0 Å². The van der Waals surface area contributed by atoms with Gasteiger partial charge in [0.25, 0.3) is 0 Å². The monoisotopic (exact) mass is 355 g/mol. The third-order valence-corrected chi connectivity index (χ3v) is 3.96. The van der Waals surface area contributed by atoms with Crippen LogP contribution >= 0.6 is 0 Å². The minimum atomic E-state index is -0.365. The maximum atomic E-state index is 12.4. The van der Waals surface area contributed by atoms with Crippen LogP contribution in [0.1, 0.15) is 17.5 Å². The Bertz CT molecular complexity index is 698. The van der Waals surface area contributed by atoms with Gasteiger partial charge in [0.1, 0.15) is 18.1 Å². The summed E-state index contributed by atoms with van der Waals surface area (Å²) in [6.45, 7) is 3.93. The summed E-state index contributed by atoms with van der Waals surface area (Å²) in [5, 5.41) is 21.2. The zero-order chi connectivity index (χ0) is 18.8. The molecule has 138 valence electrons. The summed E-state index contributed by atoms with van der Waals surface area (Å²) in [5.74, 6) is 0.534. The van der Waals surface area contributed by atoms with Crippen molar-refractivity contribution in [3.63, 3.8) is 0 Å². The van der Waals surface area contributed by atoms with Crippen molar-refractivity contribution in [1.29, 1.82) is 0 Å². The molecule has 1 amide bonds. The molecular weight excluding hydrogens is 330 g/mol. The first-order valence-corrected chi connectivity index (χ1v) is 8.62. The largest absolute Gasteiger partial charge is 0.508 e. The highest BCUT2D eigenvalue weighted by Gasteiger charge is 2.17. The summed E-state index contributed by atoms with van der Waals surface area (Å²) in [7, 11) is 0. The summed E-state index contributed by atoms with van der Waals surface area (Å²) in [6.07, 6.45) is 1.47. The molecule has 0 saturated carbocycles. The van der Waals surface area contributed by atoms with Crippen LogP contribution in [0.3, 0.4) is 0 Å². The van der Waals surface area contributed by atoms with Crippen LogP contribution in [-0.2, 0) is 22.4 Å². The van der Waals surface area contributed by atoms with E-state index < -0.39 is 0 Å². The number of aromatic hydroxyl groups is 1. The molecular formula is C21H25NO4. The number of hydrogen-bond donors (Lipinski definition) is 3. The molecule has 5 heteroatoms. The number of carbonyl (C=O) groups is 1. The predicted octanol–water partition coefficient (Wildman–Crippen LogP) is 2.57. The summed E-state index contributed by atoms with van der Waals surface area (Å²) in [6, 6.07) is 16.2. The smallest absolute Gasteiger partial charge is 0.220 e. The lowest BCUT2D eigenvalue weighted by atomic mass is 10.0. The molecule has 0 aliphatic carbocycles. The molecule has 2 aromatic rings. The number of ether oxygens (including phenoxy) is 1. The van der Waals surface area contributed by atoms with E-state index in [1.807, 2.05) is 30.3 Å². The highest BCUT2D eigenvalue weighted by Crippen LogP contribution is 2.13. The average molecular weight is 355 g/mol. The van der Waals surface area contributed by atoms with E-state index in [2.05, 4.69) is 11.9 Å². The Balaban J connectivity index is 1.94. The third kappa shape index (κ3) is 6.61. The summed E-state index contributed by atoms with van der Waals surface area (Å²) in [4.78, 5) is 12.4. The van der Waals surface area contributed by atoms with Crippen molar-refractivity contribution in [3.8, 4) is 5.75 Å². The molecule has 26 heavy (non-hydrogen) atoms. The summed E-state index contributed by atoms with van der Waals surface area (Å²) < 4.78 is 5.42. The highest BCUT2D eigenvalue weighted by atomic mass is 16.5. The minimum absolute atomic E-state index is 0.104. The molecule has 1 atom stereocenters. The number of nitrogens with one attached hydrogen (secondary N) is 1. The van der Waals surface area contributed by atoms with Crippen LogP contribution < -0.4 is 5.32 Å². The average Bonchev–Trinajstić information content (AvgIpc) is 2.66. The van der Waals surface area contributed by atoms with Gasteiger partial charge in [0.15, 0.2) is 0 Å². The topological polar surface area (TPSA) is 78.8 Å². The normalized spacial score (nSPS) is 11.6. The maximum Gasteiger partial charge on any atom is 0.220 e. The molecule has 2 rings (SSSR count). The van der Waals surface area contributed by atoms with Crippen molar-refractivity contribution >= 4 is 5.91 Å². The Morgan fingerprint density at radius 1 is 1.08 bits per heavy atom. The van der Waals surface area contributed by atoms with Crippen LogP contribution in [0.25, 0.3) is 0 Å². The minimum Gasteiger partial charge on any atom is -0.508 e. The van der Waals surface area contributed by atoms with Crippen LogP contribution in [0.5, 0.6) is 5.75 Å². The molecule has 0 spiro atoms. The van der Waals surface area contributed by atoms with E-state index >= 15 is 0 Å². The van der Waals surface area contributed by atoms with E-state index in [-0.39, 0.29) is 30.9 Å². The molecule has 0 aromatic heterocycles. The number of amides is 1. The van der Waals surface area contributed by atoms with Crippen LogP contribution in [-0.4, -0.2) is 35.4 Å². The number of hydrogen-bond acceptors (Lipinski definition) is 4. The van der Waals surface area contributed by atoms with Gasteiger partial charge in [-0.3, -0.25) is 4.79 Å². The number of phenolic OH excluding ortho intramolecular Hbond substituents is 1. The standard InChI is InChI=1S/C21H25NO4/c1-16(26-14-13-23)20(15-18-5-3-2-4-6-18)22-21(25)12-9-17-7-10-19(24)11-8-17/h2-8,10-11,20,23-24H,1,9,12-15H2,(H,22,25). The highest BCUT2D eigenvalue weighted by molar-refractivity contribution is 5.76. The summed E-state index contributed by atoms with van der Waals surface area (Å²) >= 11 is 0. The number of aliphatic hydroxyl groups excluding tert-OH is 1. The number of aliphatic hydroxyl groups is 1. The van der Waals surface area contributed by atoms with Gasteiger partial charge in [-0.1, -0.05) is 49.0 Å². The van der Waals surface area contributed by atoms with Crippen molar-refractivity contribution in [1.82, 2.24) is 5.32 Å². The maximum absolute atomic E-state index is 12.4. The van der Waals surface area contributed by atoms with Gasteiger partial charge in [-0.2, -0.15) is 0 Å². The van der Waals surface area contributed by atoms with E-state index in [9.17, 15) is 9.90 Å². The van der Waals surface area contributed by atoms with E-state index in [1.165, 1.54) is 0 Å². The lowest BCUT2D eigenvalue weighted by Crippen LogP contribution is -2.38. The SMILES string of the molecule is C=C(OCCO)C(Cc1ccccc1)NC(=O)CCc1ccc(O)cc1. The number of benzene rings is 2. The Hall–Kier alpha value is -2.79. The molecule has 2 aromatic carbocycles. The van der Waals surface area contributed by atoms with Crippen molar-refractivity contribution in [2.75, 3.05) is 13.2 Å². The number of carbonyl (C=O) groups excluding carboxylic acids is 1. The molecule has 0 radical (unpaired) electrons. The van der Waals surface area contributed by atoms with Gasteiger partial charge in [-0.25, -0.2) is 0 Å². The molecule has 0 heterocycles. The van der Waals surface area contributed by atoms with Crippen molar-refractivity contribution in [3.05, 3.63) is 78.1 Å². The Kier molecular flexibility index (Phi) is 7.71. The van der Waals surface area contributed by atoms with Gasteiger partial charge in [-0.15, -0.1) is 0 Å². The molecule has 0 aliphatic rings. The molecule has 0 bridgehead atoms. The van der Waals surface area contributed by atoms with E-state index in [0.29, 0.717) is 25.0 Å². The van der Waals surface area contributed by atoms with Crippen LogP contribution in [0.2, 0.25) is 0 Å². The van der Waals surface area contributed by atoms with Crippen molar-refractivity contribution < 1.29 is 19.7 Å². The fourth-order valence-corrected chi connectivity index (χ4v) is 2.56. The van der Waals surface area contributed by atoms with Gasteiger partial charge in [-0.05, 0) is 36.1 Å². The first-order valence-electron chi connectivity index (χ1n) is 8.62. The Morgan fingerprint density at radius 3 is 2.42 bits per heavy atom. The van der Waals surface area contributed by atoms with E-state index in [0.717, 1.165) is 11.1 Å². The third-order valence-electron chi connectivity index (χ3n) is 3.96. The Labute approximate surface area is 153 Å². The lowest BCUT2D eigenvalue weighted by Gasteiger charge is -2.21. The van der Waals surface area contributed by atoms with Gasteiger partial charge in [0, 0.05) is 6.42 Å². The van der Waals surface area contributed by atoms with Crippen molar-refractivity contribution in [2.45, 2.75) is 25.3 Å². The zero-order valence-electron chi connectivity index (χ0n) is 14.7. The first kappa shape index (κ1) is 19.5. The number of phenols is 1. The predicted molar refractivity (Wildman–Crippen MR) is 101 cm³/mol. The van der Waals surface area contributed by atoms with Gasteiger partial charge in [0.2, 0.25) is 5.91 Å². The second kappa shape index (κ2) is 10.3. The van der Waals surface area contributed by atoms with Crippen molar-refractivity contribution in [2.24, 2.45) is 0 Å². The second-order valence-electron chi connectivity index (χ2n) is 6.01. The van der Waals surface area contributed by atoms with Gasteiger partial charge < -0.3 is 20.3 Å². The molecule has 0 aliphatic heterocycles. The Morgan fingerprint density at radius 2 is 1.77 bits per heavy atom. The molecule has 5 nitrogen and oxygen atoms in total. The van der Waals surface area contributed by atoms with Gasteiger partial charge >= 0.3 is 0 Å². The van der Waals surface area contributed by atoms with E-state index in [4.69, 9.17) is 9.84 Å². The number of rotatable bonds is 10. The first-order chi connectivity index (χ1) is 12.6. The van der Waals surface area contributed by atoms with E-state index in [1.54, 1.807) is 24.3 Å². The quantitative estimate of drug-likeness (QED) is 0.573. The fourth-order valence-electron chi connectivity index (χ4n) is 2.56. The molecule has 0 fully saturated rings. The second-order valence-corrected chi connectivity index (χ2v) is 6.01. The summed E-state index contributed by atoms with van der Waals surface area (Å²) in [5.41, 5.74) is 2.04. The molecule has 0 saturated heterocycles. The van der Waals surface area contributed by atoms with Crippen LogP contribution in [0.15, 0.2) is 66.9 Å². The number of aryl methyl sites for hydroxylation is 1. The van der Waals surface area contributed by atoms with Gasteiger partial charge in [0.05, 0.1) is 12.6 Å². The van der Waals surface area contributed by atoms with Crippen LogP contribution in [0.4, 0.5) is 0 Å². The lowest BCUT2D eigenvalue weighted by molar-refractivity contribution is -0.121. The molecule has 3 N–H and O–H groups in total. The molecule has 1 unspecified atom stereocenters. The zero-order valence-corrected chi connectivity index (χ0v) is 14.7.